The predicted molar refractivity (Wildman–Crippen MR) is 102 cm³/mol. The average molecular weight is 415 g/mol. The third-order valence-corrected chi connectivity index (χ3v) is 5.53. The van der Waals surface area contributed by atoms with Crippen molar-refractivity contribution in [2.45, 2.75) is 39.0 Å². The van der Waals surface area contributed by atoms with Gasteiger partial charge in [-0.2, -0.15) is 0 Å². The van der Waals surface area contributed by atoms with Crippen LogP contribution in [0, 0.1) is 12.8 Å². The zero-order valence-electron chi connectivity index (χ0n) is 16.7. The summed E-state index contributed by atoms with van der Waals surface area (Å²) in [5.74, 6) is -1.51. The Morgan fingerprint density at radius 3 is 2.53 bits per heavy atom. The normalized spacial score (nSPS) is 21.3. The fourth-order valence-electron chi connectivity index (χ4n) is 4.01. The molecule has 30 heavy (non-hydrogen) atoms. The second kappa shape index (κ2) is 7.49. The number of aryl methyl sites for hydroxylation is 1. The van der Waals surface area contributed by atoms with Gasteiger partial charge >= 0.3 is 11.8 Å². The van der Waals surface area contributed by atoms with Gasteiger partial charge in [0.15, 0.2) is 18.1 Å². The molecule has 4 rings (SSSR count). The predicted octanol–water partition coefficient (Wildman–Crippen LogP) is 1.62. The lowest BCUT2D eigenvalue weighted by atomic mass is 9.82. The number of carbonyl (C=O) groups is 2. The second-order valence-electron chi connectivity index (χ2n) is 7.31. The highest BCUT2D eigenvalue weighted by Gasteiger charge is 2.57. The molecule has 1 saturated heterocycles. The number of aliphatic hydroxyl groups is 1. The molecule has 0 radical (unpaired) electrons. The van der Waals surface area contributed by atoms with E-state index in [0.29, 0.717) is 17.7 Å². The molecule has 158 valence electrons. The number of carbonyl (C=O) groups excluding carboxylic acids is 2. The zero-order valence-corrected chi connectivity index (χ0v) is 16.7. The molecular formula is C21H21NO8. The molecule has 1 fully saturated rings. The maximum Gasteiger partial charge on any atom is 0.519 e. The van der Waals surface area contributed by atoms with E-state index in [-0.39, 0.29) is 35.8 Å². The van der Waals surface area contributed by atoms with E-state index in [1.54, 1.807) is 38.3 Å². The lowest BCUT2D eigenvalue weighted by molar-refractivity contribution is -0.162. The minimum absolute atomic E-state index is 0.103. The topological polar surface area (TPSA) is 119 Å². The summed E-state index contributed by atoms with van der Waals surface area (Å²) in [6, 6.07) is 6.81. The van der Waals surface area contributed by atoms with Crippen LogP contribution in [-0.2, 0) is 20.9 Å². The van der Waals surface area contributed by atoms with E-state index in [1.165, 1.54) is 11.8 Å². The summed E-state index contributed by atoms with van der Waals surface area (Å²) >= 11 is 0. The molecule has 1 N–H and O–H groups in total. The standard InChI is InChI=1S/C21H21NO8/c1-10(23)17-15-8-14(12-4-6-13(27-3)7-5-12)18(22(15)19(17)24)20(25)28-9-16-11(2)29-21(26)30-16/h4-7,10,15,17,23H,8-9H2,1-3H3/t10-,15-,17-/m1/s1. The highest BCUT2D eigenvalue weighted by atomic mass is 16.6. The van der Waals surface area contributed by atoms with Crippen LogP contribution in [-0.4, -0.2) is 41.1 Å². The number of ether oxygens (including phenoxy) is 2. The Balaban J connectivity index is 1.65. The van der Waals surface area contributed by atoms with Crippen molar-refractivity contribution in [2.75, 3.05) is 7.11 Å². The summed E-state index contributed by atoms with van der Waals surface area (Å²) in [7, 11) is 1.56. The smallest absolute Gasteiger partial charge is 0.497 e. The van der Waals surface area contributed by atoms with Gasteiger partial charge in [0.05, 0.1) is 25.2 Å². The first kappa shape index (κ1) is 20.0. The molecule has 0 unspecified atom stereocenters. The molecule has 0 saturated carbocycles. The maximum atomic E-state index is 12.9. The van der Waals surface area contributed by atoms with Gasteiger partial charge in [-0.3, -0.25) is 4.79 Å². The van der Waals surface area contributed by atoms with Crippen molar-refractivity contribution >= 4 is 17.4 Å². The van der Waals surface area contributed by atoms with Crippen molar-refractivity contribution in [3.8, 4) is 5.75 Å². The van der Waals surface area contributed by atoms with Crippen LogP contribution in [0.4, 0.5) is 0 Å². The largest absolute Gasteiger partial charge is 0.519 e. The van der Waals surface area contributed by atoms with Gasteiger partial charge in [0.25, 0.3) is 0 Å². The summed E-state index contributed by atoms with van der Waals surface area (Å²) in [6.07, 6.45) is -0.410. The van der Waals surface area contributed by atoms with E-state index in [9.17, 15) is 19.5 Å². The van der Waals surface area contributed by atoms with E-state index < -0.39 is 23.8 Å². The van der Waals surface area contributed by atoms with Crippen molar-refractivity contribution in [1.82, 2.24) is 4.90 Å². The maximum absolute atomic E-state index is 12.9. The number of fused-ring (bicyclic) bond motifs is 1. The first-order valence-electron chi connectivity index (χ1n) is 9.47. The van der Waals surface area contributed by atoms with E-state index >= 15 is 0 Å². The zero-order chi connectivity index (χ0) is 21.6. The molecule has 1 aromatic heterocycles. The van der Waals surface area contributed by atoms with Crippen molar-refractivity contribution in [2.24, 2.45) is 5.92 Å². The third kappa shape index (κ3) is 3.21. The monoisotopic (exact) mass is 415 g/mol. The van der Waals surface area contributed by atoms with Gasteiger partial charge in [-0.1, -0.05) is 12.1 Å². The van der Waals surface area contributed by atoms with Gasteiger partial charge in [0, 0.05) is 0 Å². The number of methoxy groups -OCH3 is 1. The summed E-state index contributed by atoms with van der Waals surface area (Å²) in [6.45, 7) is 2.78. The van der Waals surface area contributed by atoms with Crippen LogP contribution in [0.25, 0.3) is 5.57 Å². The van der Waals surface area contributed by atoms with Gasteiger partial charge in [-0.25, -0.2) is 9.59 Å². The van der Waals surface area contributed by atoms with Crippen LogP contribution in [0.5, 0.6) is 5.75 Å². The molecule has 2 aliphatic heterocycles. The van der Waals surface area contributed by atoms with Crippen LogP contribution in [0.15, 0.2) is 43.6 Å². The number of benzene rings is 1. The van der Waals surface area contributed by atoms with E-state index in [1.807, 2.05) is 0 Å². The number of rotatable bonds is 6. The van der Waals surface area contributed by atoms with E-state index in [2.05, 4.69) is 0 Å². The average Bonchev–Trinajstić information content (AvgIpc) is 3.22. The van der Waals surface area contributed by atoms with E-state index in [4.69, 9.17) is 18.3 Å². The number of amides is 1. The summed E-state index contributed by atoms with van der Waals surface area (Å²) < 4.78 is 20.1. The van der Waals surface area contributed by atoms with Gasteiger partial charge in [-0.15, -0.1) is 0 Å². The molecule has 2 aromatic rings. The Kier molecular flexibility index (Phi) is 4.98. The first-order chi connectivity index (χ1) is 14.3. The van der Waals surface area contributed by atoms with Gasteiger partial charge < -0.3 is 28.3 Å². The van der Waals surface area contributed by atoms with Gasteiger partial charge in [0.2, 0.25) is 5.91 Å². The molecule has 0 bridgehead atoms. The Labute approximate surface area is 171 Å². The van der Waals surface area contributed by atoms with Crippen molar-refractivity contribution in [3.05, 3.63) is 57.7 Å². The van der Waals surface area contributed by atoms with Crippen molar-refractivity contribution in [1.29, 1.82) is 0 Å². The minimum Gasteiger partial charge on any atom is -0.497 e. The van der Waals surface area contributed by atoms with Crippen molar-refractivity contribution < 1.29 is 33.0 Å². The molecular weight excluding hydrogens is 394 g/mol. The Morgan fingerprint density at radius 1 is 1.27 bits per heavy atom. The van der Waals surface area contributed by atoms with Crippen LogP contribution in [0.3, 0.4) is 0 Å². The molecule has 9 nitrogen and oxygen atoms in total. The molecule has 3 atom stereocenters. The Hall–Kier alpha value is -3.33. The van der Waals surface area contributed by atoms with Crippen LogP contribution >= 0.6 is 0 Å². The molecule has 3 heterocycles. The van der Waals surface area contributed by atoms with Crippen molar-refractivity contribution in [3.63, 3.8) is 0 Å². The SMILES string of the molecule is COc1ccc(C2=C(C(=O)OCc3oc(=O)oc3C)N3C(=O)[C@H]([C@@H](C)O)[C@H]3C2)cc1. The summed E-state index contributed by atoms with van der Waals surface area (Å²) in [5.41, 5.74) is 1.53. The lowest BCUT2D eigenvalue weighted by Crippen LogP contribution is -2.61. The Morgan fingerprint density at radius 2 is 1.97 bits per heavy atom. The van der Waals surface area contributed by atoms with Crippen LogP contribution in [0.1, 0.15) is 30.4 Å². The quantitative estimate of drug-likeness (QED) is 0.558. The fraction of sp³-hybridized carbons (Fsp3) is 0.381. The van der Waals surface area contributed by atoms with Gasteiger partial charge in [0.1, 0.15) is 11.4 Å². The third-order valence-electron chi connectivity index (χ3n) is 5.53. The van der Waals surface area contributed by atoms with Gasteiger partial charge in [-0.05, 0) is 43.5 Å². The first-order valence-corrected chi connectivity index (χ1v) is 9.47. The number of hydrogen-bond donors (Lipinski definition) is 1. The number of aliphatic hydroxyl groups excluding tert-OH is 1. The minimum atomic E-state index is -0.879. The number of esters is 1. The fourth-order valence-corrected chi connectivity index (χ4v) is 4.01. The number of nitrogens with zero attached hydrogens (tertiary/aromatic N) is 1. The highest BCUT2D eigenvalue weighted by molar-refractivity contribution is 6.06. The highest BCUT2D eigenvalue weighted by Crippen LogP contribution is 2.47. The van der Waals surface area contributed by atoms with E-state index in [0.717, 1.165) is 5.56 Å². The van der Waals surface area contributed by atoms with Crippen LogP contribution in [0.2, 0.25) is 0 Å². The molecule has 0 aliphatic carbocycles. The van der Waals surface area contributed by atoms with Crippen LogP contribution < -0.4 is 10.6 Å². The second-order valence-corrected chi connectivity index (χ2v) is 7.31. The summed E-state index contributed by atoms with van der Waals surface area (Å²) in [5, 5.41) is 9.97. The molecule has 1 aromatic carbocycles. The molecule has 0 spiro atoms. The molecule has 2 aliphatic rings. The Bertz CT molecular complexity index is 1080. The lowest BCUT2D eigenvalue weighted by Gasteiger charge is -2.44. The number of β-lactam (4-membered cyclic amide) rings is 1. The number of hydrogen-bond acceptors (Lipinski definition) is 8. The molecule has 1 amide bonds. The summed E-state index contributed by atoms with van der Waals surface area (Å²) in [4.78, 5) is 38.1. The molecule has 9 heteroatoms.